The van der Waals surface area contributed by atoms with Gasteiger partial charge in [0.25, 0.3) is 11.1 Å². The number of methoxy groups -OCH3 is 1. The van der Waals surface area contributed by atoms with Crippen molar-refractivity contribution in [2.45, 2.75) is 13.8 Å². The lowest BCUT2D eigenvalue weighted by molar-refractivity contribution is -0.143. The summed E-state index contributed by atoms with van der Waals surface area (Å²) in [5.41, 5.74) is 2.68. The monoisotopic (exact) mass is 371 g/mol. The fourth-order valence-electron chi connectivity index (χ4n) is 2.74. The summed E-state index contributed by atoms with van der Waals surface area (Å²) in [6.07, 6.45) is 3.38. The van der Waals surface area contributed by atoms with Crippen molar-refractivity contribution < 1.29 is 19.1 Å². The third kappa shape index (κ3) is 3.28. The molecule has 1 fully saturated rings. The largest absolute Gasteiger partial charge is 0.468 e. The first-order valence-corrected chi connectivity index (χ1v) is 8.66. The predicted molar refractivity (Wildman–Crippen MR) is 97.7 cm³/mol. The number of hydrogen-bond acceptors (Lipinski definition) is 6. The SMILES string of the molecule is COC(=O)CN1C(=O)S/C(=C\c2cc(C)n(-c3ccccn3)c2C)C1=O. The molecule has 0 unspecified atom stereocenters. The highest BCUT2D eigenvalue weighted by molar-refractivity contribution is 8.18. The molecule has 1 saturated heterocycles. The average Bonchev–Trinajstić information content (AvgIpc) is 3.05. The zero-order valence-electron chi connectivity index (χ0n) is 14.6. The second kappa shape index (κ2) is 7.17. The zero-order chi connectivity index (χ0) is 18.8. The van der Waals surface area contributed by atoms with E-state index in [2.05, 4.69) is 9.72 Å². The maximum Gasteiger partial charge on any atom is 0.325 e. The van der Waals surface area contributed by atoms with E-state index in [0.717, 1.165) is 39.4 Å². The Balaban J connectivity index is 1.93. The number of rotatable bonds is 4. The molecule has 3 heterocycles. The van der Waals surface area contributed by atoms with Crippen LogP contribution in [0.1, 0.15) is 17.0 Å². The molecule has 0 aliphatic carbocycles. The molecule has 0 bridgehead atoms. The van der Waals surface area contributed by atoms with Crippen LogP contribution in [0.2, 0.25) is 0 Å². The number of aryl methyl sites for hydroxylation is 1. The Morgan fingerprint density at radius 2 is 2.08 bits per heavy atom. The first-order valence-electron chi connectivity index (χ1n) is 7.85. The van der Waals surface area contributed by atoms with Crippen molar-refractivity contribution in [2.75, 3.05) is 13.7 Å². The standard InChI is InChI=1S/C18H17N3O4S/c1-11-8-13(12(2)21(11)15-6-4-5-7-19-15)9-14-17(23)20(18(24)26-14)10-16(22)25-3/h4-9H,10H2,1-3H3/b14-9-. The topological polar surface area (TPSA) is 81.5 Å². The van der Waals surface area contributed by atoms with Crippen LogP contribution in [0.5, 0.6) is 0 Å². The highest BCUT2D eigenvalue weighted by atomic mass is 32.2. The first kappa shape index (κ1) is 17.9. The van der Waals surface area contributed by atoms with Gasteiger partial charge in [0.1, 0.15) is 12.4 Å². The molecule has 3 rings (SSSR count). The molecule has 2 amide bonds. The third-order valence-corrected chi connectivity index (χ3v) is 4.93. The summed E-state index contributed by atoms with van der Waals surface area (Å²) in [7, 11) is 1.21. The van der Waals surface area contributed by atoms with Crippen LogP contribution in [-0.2, 0) is 14.3 Å². The summed E-state index contributed by atoms with van der Waals surface area (Å²) in [6, 6.07) is 7.57. The summed E-state index contributed by atoms with van der Waals surface area (Å²) in [6.45, 7) is 3.49. The van der Waals surface area contributed by atoms with Crippen molar-refractivity contribution in [2.24, 2.45) is 0 Å². The van der Waals surface area contributed by atoms with Gasteiger partial charge in [0, 0.05) is 17.6 Å². The molecular weight excluding hydrogens is 354 g/mol. The molecule has 1 aliphatic rings. The Morgan fingerprint density at radius 1 is 1.31 bits per heavy atom. The van der Waals surface area contributed by atoms with E-state index in [4.69, 9.17) is 0 Å². The van der Waals surface area contributed by atoms with Gasteiger partial charge >= 0.3 is 5.97 Å². The van der Waals surface area contributed by atoms with E-state index in [1.807, 2.05) is 42.7 Å². The number of esters is 1. The molecule has 0 spiro atoms. The maximum atomic E-state index is 12.4. The molecule has 7 nitrogen and oxygen atoms in total. The molecule has 8 heteroatoms. The molecular formula is C18H17N3O4S. The molecule has 0 atom stereocenters. The molecule has 0 aromatic carbocycles. The van der Waals surface area contributed by atoms with Crippen molar-refractivity contribution in [3.63, 3.8) is 0 Å². The van der Waals surface area contributed by atoms with Crippen LogP contribution in [-0.4, -0.2) is 45.2 Å². The van der Waals surface area contributed by atoms with E-state index in [1.54, 1.807) is 12.3 Å². The fourth-order valence-corrected chi connectivity index (χ4v) is 3.57. The number of imide groups is 1. The summed E-state index contributed by atoms with van der Waals surface area (Å²) >= 11 is 0.815. The van der Waals surface area contributed by atoms with Crippen molar-refractivity contribution in [1.82, 2.24) is 14.5 Å². The quantitative estimate of drug-likeness (QED) is 0.607. The van der Waals surface area contributed by atoms with Gasteiger partial charge in [-0.05, 0) is 55.4 Å². The Bertz CT molecular complexity index is 918. The smallest absolute Gasteiger partial charge is 0.325 e. The highest BCUT2D eigenvalue weighted by Crippen LogP contribution is 2.33. The van der Waals surface area contributed by atoms with Crippen molar-refractivity contribution in [3.8, 4) is 5.82 Å². The molecule has 0 N–H and O–H groups in total. The van der Waals surface area contributed by atoms with Gasteiger partial charge in [-0.3, -0.25) is 19.3 Å². The minimum absolute atomic E-state index is 0.278. The van der Waals surface area contributed by atoms with Gasteiger partial charge in [-0.25, -0.2) is 4.98 Å². The second-order valence-electron chi connectivity index (χ2n) is 5.69. The van der Waals surface area contributed by atoms with E-state index in [9.17, 15) is 14.4 Å². The Labute approximate surface area is 154 Å². The number of carbonyl (C=O) groups is 3. The normalized spacial score (nSPS) is 15.8. The number of pyridine rings is 1. The van der Waals surface area contributed by atoms with Crippen LogP contribution in [0.15, 0.2) is 35.4 Å². The molecule has 0 radical (unpaired) electrons. The minimum Gasteiger partial charge on any atom is -0.468 e. The van der Waals surface area contributed by atoms with Crippen LogP contribution < -0.4 is 0 Å². The first-order chi connectivity index (χ1) is 12.4. The Hall–Kier alpha value is -2.87. The van der Waals surface area contributed by atoms with Gasteiger partial charge in [0.2, 0.25) is 0 Å². The van der Waals surface area contributed by atoms with Gasteiger partial charge in [-0.2, -0.15) is 0 Å². The van der Waals surface area contributed by atoms with E-state index in [1.165, 1.54) is 7.11 Å². The summed E-state index contributed by atoms with van der Waals surface area (Å²) < 4.78 is 6.50. The van der Waals surface area contributed by atoms with Gasteiger partial charge in [0.05, 0.1) is 12.0 Å². The van der Waals surface area contributed by atoms with Crippen LogP contribution in [0.25, 0.3) is 11.9 Å². The molecule has 0 saturated carbocycles. The molecule has 2 aromatic rings. The molecule has 26 heavy (non-hydrogen) atoms. The summed E-state index contributed by atoms with van der Waals surface area (Å²) in [5.74, 6) is -0.351. The van der Waals surface area contributed by atoms with Gasteiger partial charge in [-0.1, -0.05) is 6.07 Å². The van der Waals surface area contributed by atoms with E-state index < -0.39 is 17.1 Å². The number of aromatic nitrogens is 2. The van der Waals surface area contributed by atoms with E-state index in [0.29, 0.717) is 0 Å². The number of nitrogens with zero attached hydrogens (tertiary/aromatic N) is 3. The van der Waals surface area contributed by atoms with Crippen LogP contribution in [0.3, 0.4) is 0 Å². The third-order valence-electron chi connectivity index (χ3n) is 4.02. The second-order valence-corrected chi connectivity index (χ2v) is 6.69. The molecule has 1 aliphatic heterocycles. The van der Waals surface area contributed by atoms with E-state index >= 15 is 0 Å². The van der Waals surface area contributed by atoms with Crippen molar-refractivity contribution >= 4 is 35.0 Å². The van der Waals surface area contributed by atoms with Crippen molar-refractivity contribution in [1.29, 1.82) is 0 Å². The highest BCUT2D eigenvalue weighted by Gasteiger charge is 2.36. The number of ether oxygens (including phenoxy) is 1. The predicted octanol–water partition coefficient (Wildman–Crippen LogP) is 2.70. The van der Waals surface area contributed by atoms with E-state index in [-0.39, 0.29) is 11.4 Å². The molecule has 134 valence electrons. The maximum absolute atomic E-state index is 12.4. The minimum atomic E-state index is -0.637. The zero-order valence-corrected chi connectivity index (χ0v) is 15.4. The average molecular weight is 371 g/mol. The number of hydrogen-bond donors (Lipinski definition) is 0. The van der Waals surface area contributed by atoms with Gasteiger partial charge in [0.15, 0.2) is 0 Å². The lowest BCUT2D eigenvalue weighted by atomic mass is 10.2. The summed E-state index contributed by atoms with van der Waals surface area (Å²) in [5, 5.41) is -0.481. The molecule has 2 aromatic heterocycles. The van der Waals surface area contributed by atoms with Crippen molar-refractivity contribution in [3.05, 3.63) is 52.3 Å². The lowest BCUT2D eigenvalue weighted by Crippen LogP contribution is -2.34. The number of carbonyl (C=O) groups excluding carboxylic acids is 3. The van der Waals surface area contributed by atoms with Gasteiger partial charge in [-0.15, -0.1) is 0 Å². The summed E-state index contributed by atoms with van der Waals surface area (Å²) in [4.78, 5) is 41.3. The fraction of sp³-hybridized carbons (Fsp3) is 0.222. The lowest BCUT2D eigenvalue weighted by Gasteiger charge is -2.09. The van der Waals surface area contributed by atoms with Crippen LogP contribution >= 0.6 is 11.8 Å². The Morgan fingerprint density at radius 3 is 2.73 bits per heavy atom. The number of amides is 2. The van der Waals surface area contributed by atoms with Crippen LogP contribution in [0.4, 0.5) is 4.79 Å². The number of thioether (sulfide) groups is 1. The van der Waals surface area contributed by atoms with Crippen LogP contribution in [0, 0.1) is 13.8 Å². The van der Waals surface area contributed by atoms with Gasteiger partial charge < -0.3 is 9.30 Å². The Kier molecular flexibility index (Phi) is 4.94.